The molecule has 1 aliphatic rings. The fraction of sp³-hybridized carbons (Fsp3) is 0.583. The zero-order valence-electron chi connectivity index (χ0n) is 10.3. The molecule has 0 bridgehead atoms. The molecule has 3 N–H and O–H groups in total. The number of nitrogens with zero attached hydrogens (tertiary/aromatic N) is 1. The first-order valence-electron chi connectivity index (χ1n) is 5.81. The lowest BCUT2D eigenvalue weighted by Gasteiger charge is -2.40. The minimum absolute atomic E-state index is 0.0375. The van der Waals surface area contributed by atoms with Crippen LogP contribution in [0.1, 0.15) is 29.8 Å². The zero-order chi connectivity index (χ0) is 12.5. The van der Waals surface area contributed by atoms with Gasteiger partial charge in [0.1, 0.15) is 5.69 Å². The summed E-state index contributed by atoms with van der Waals surface area (Å²) in [4.78, 5) is 12.0. The number of nitrogens with one attached hydrogen (secondary N) is 1. The second-order valence-electron chi connectivity index (χ2n) is 4.69. The molecule has 0 saturated heterocycles. The Bertz CT molecular complexity index is 418. The van der Waals surface area contributed by atoms with Crippen LogP contribution in [0, 0.1) is 0 Å². The highest BCUT2D eigenvalue weighted by molar-refractivity contribution is 8.00. The SMILES string of the molecule is CSC1(CNC(=O)c2cc(N)cn2C)CCC1. The average molecular weight is 253 g/mol. The van der Waals surface area contributed by atoms with Crippen molar-refractivity contribution in [2.45, 2.75) is 24.0 Å². The highest BCUT2D eigenvalue weighted by Crippen LogP contribution is 2.42. The van der Waals surface area contributed by atoms with Gasteiger partial charge in [-0.1, -0.05) is 6.42 Å². The Morgan fingerprint density at radius 1 is 1.65 bits per heavy atom. The topological polar surface area (TPSA) is 60.1 Å². The van der Waals surface area contributed by atoms with Crippen LogP contribution in [0.4, 0.5) is 5.69 Å². The molecule has 2 rings (SSSR count). The quantitative estimate of drug-likeness (QED) is 0.857. The molecule has 0 spiro atoms. The number of hydrogen-bond donors (Lipinski definition) is 2. The Morgan fingerprint density at radius 3 is 2.76 bits per heavy atom. The number of thioether (sulfide) groups is 1. The van der Waals surface area contributed by atoms with Gasteiger partial charge in [0.05, 0.1) is 5.69 Å². The monoisotopic (exact) mass is 253 g/mol. The lowest BCUT2D eigenvalue weighted by atomic mass is 9.84. The largest absolute Gasteiger partial charge is 0.397 e. The predicted octanol–water partition coefficient (Wildman–Crippen LogP) is 1.62. The van der Waals surface area contributed by atoms with Gasteiger partial charge in [-0.2, -0.15) is 11.8 Å². The summed E-state index contributed by atoms with van der Waals surface area (Å²) in [6.45, 7) is 0.748. The van der Waals surface area contributed by atoms with Gasteiger partial charge in [0.2, 0.25) is 0 Å². The lowest BCUT2D eigenvalue weighted by molar-refractivity contribution is 0.0936. The van der Waals surface area contributed by atoms with Crippen molar-refractivity contribution in [1.29, 1.82) is 0 Å². The molecule has 1 aromatic rings. The van der Waals surface area contributed by atoms with Crippen molar-refractivity contribution in [1.82, 2.24) is 9.88 Å². The molecule has 0 radical (unpaired) electrons. The van der Waals surface area contributed by atoms with Crippen molar-refractivity contribution in [2.75, 3.05) is 18.5 Å². The van der Waals surface area contributed by atoms with Crippen molar-refractivity contribution >= 4 is 23.4 Å². The molecule has 0 atom stereocenters. The molecule has 0 aromatic carbocycles. The molecule has 17 heavy (non-hydrogen) atoms. The highest BCUT2D eigenvalue weighted by Gasteiger charge is 2.36. The standard InChI is InChI=1S/C12H19N3OS/c1-15-7-9(13)6-10(15)11(16)14-8-12(17-2)4-3-5-12/h6-7H,3-5,8,13H2,1-2H3,(H,14,16). The molecule has 1 aliphatic carbocycles. The first kappa shape index (κ1) is 12.4. The molecule has 5 heteroatoms. The Labute approximate surface area is 106 Å². The number of rotatable bonds is 4. The van der Waals surface area contributed by atoms with Crippen LogP contribution in [0.15, 0.2) is 12.3 Å². The van der Waals surface area contributed by atoms with Crippen LogP contribution in [-0.4, -0.2) is 28.0 Å². The number of nitrogen functional groups attached to an aromatic ring is 1. The van der Waals surface area contributed by atoms with Gasteiger partial charge in [-0.25, -0.2) is 0 Å². The van der Waals surface area contributed by atoms with Gasteiger partial charge < -0.3 is 15.6 Å². The molecule has 1 saturated carbocycles. The van der Waals surface area contributed by atoms with Gasteiger partial charge in [-0.05, 0) is 25.2 Å². The minimum atomic E-state index is -0.0375. The van der Waals surface area contributed by atoms with Gasteiger partial charge >= 0.3 is 0 Å². The molecular weight excluding hydrogens is 234 g/mol. The van der Waals surface area contributed by atoms with Gasteiger partial charge in [-0.15, -0.1) is 0 Å². The second-order valence-corrected chi connectivity index (χ2v) is 5.97. The number of anilines is 1. The maximum atomic E-state index is 12.0. The van der Waals surface area contributed by atoms with Crippen LogP contribution in [-0.2, 0) is 7.05 Å². The first-order chi connectivity index (χ1) is 8.06. The van der Waals surface area contributed by atoms with E-state index < -0.39 is 0 Å². The van der Waals surface area contributed by atoms with Crippen LogP contribution in [0.25, 0.3) is 0 Å². The van der Waals surface area contributed by atoms with Gasteiger partial charge in [0.25, 0.3) is 5.91 Å². The Balaban J connectivity index is 1.95. The summed E-state index contributed by atoms with van der Waals surface area (Å²) in [5.41, 5.74) is 6.91. The van der Waals surface area contributed by atoms with Crippen LogP contribution >= 0.6 is 11.8 Å². The van der Waals surface area contributed by atoms with E-state index in [4.69, 9.17) is 5.73 Å². The molecule has 1 aromatic heterocycles. The van der Waals surface area contributed by atoms with Crippen molar-refractivity contribution in [3.05, 3.63) is 18.0 Å². The van der Waals surface area contributed by atoms with E-state index in [9.17, 15) is 4.79 Å². The molecular formula is C12H19N3OS. The maximum absolute atomic E-state index is 12.0. The third-order valence-corrected chi connectivity index (χ3v) is 4.95. The summed E-state index contributed by atoms with van der Waals surface area (Å²) < 4.78 is 2.03. The number of carbonyl (C=O) groups excluding carboxylic acids is 1. The summed E-state index contributed by atoms with van der Waals surface area (Å²) in [6, 6.07) is 1.71. The molecule has 1 heterocycles. The number of aryl methyl sites for hydroxylation is 1. The van der Waals surface area contributed by atoms with E-state index in [0.717, 1.165) is 6.54 Å². The van der Waals surface area contributed by atoms with Crippen LogP contribution in [0.2, 0.25) is 0 Å². The van der Waals surface area contributed by atoms with Crippen molar-refractivity contribution in [3.63, 3.8) is 0 Å². The summed E-state index contributed by atoms with van der Waals surface area (Å²) in [5.74, 6) is -0.0375. The second kappa shape index (κ2) is 4.64. The van der Waals surface area contributed by atoms with Gasteiger partial charge in [0, 0.05) is 24.5 Å². The van der Waals surface area contributed by atoms with Crippen LogP contribution < -0.4 is 11.1 Å². The highest BCUT2D eigenvalue weighted by atomic mass is 32.2. The summed E-state index contributed by atoms with van der Waals surface area (Å²) in [6.07, 6.45) is 7.54. The van der Waals surface area contributed by atoms with Crippen molar-refractivity contribution in [3.8, 4) is 0 Å². The Morgan fingerprint density at radius 2 is 2.35 bits per heavy atom. The lowest BCUT2D eigenvalue weighted by Crippen LogP contribution is -2.45. The van der Waals surface area contributed by atoms with E-state index in [0.29, 0.717) is 11.4 Å². The van der Waals surface area contributed by atoms with Crippen molar-refractivity contribution < 1.29 is 4.79 Å². The summed E-state index contributed by atoms with van der Waals surface area (Å²) in [5, 5.41) is 3.01. The maximum Gasteiger partial charge on any atom is 0.268 e. The average Bonchev–Trinajstić information content (AvgIpc) is 2.57. The molecule has 4 nitrogen and oxygen atoms in total. The first-order valence-corrected chi connectivity index (χ1v) is 7.04. The van der Waals surface area contributed by atoms with E-state index in [1.807, 2.05) is 18.8 Å². The van der Waals surface area contributed by atoms with Gasteiger partial charge in [0.15, 0.2) is 0 Å². The third kappa shape index (κ3) is 2.44. The summed E-state index contributed by atoms with van der Waals surface area (Å²) >= 11 is 1.86. The minimum Gasteiger partial charge on any atom is -0.397 e. The van der Waals surface area contributed by atoms with E-state index in [1.54, 1.807) is 16.8 Å². The van der Waals surface area contributed by atoms with Gasteiger partial charge in [-0.3, -0.25) is 4.79 Å². The third-order valence-electron chi connectivity index (χ3n) is 3.53. The van der Waals surface area contributed by atoms with E-state index >= 15 is 0 Å². The van der Waals surface area contributed by atoms with Crippen LogP contribution in [0.5, 0.6) is 0 Å². The number of amides is 1. The molecule has 0 unspecified atom stereocenters. The Hall–Kier alpha value is -1.10. The predicted molar refractivity (Wildman–Crippen MR) is 72.3 cm³/mol. The fourth-order valence-electron chi connectivity index (χ4n) is 2.17. The number of hydrogen-bond acceptors (Lipinski definition) is 3. The molecule has 1 fully saturated rings. The van der Waals surface area contributed by atoms with E-state index in [-0.39, 0.29) is 10.7 Å². The van der Waals surface area contributed by atoms with E-state index in [1.165, 1.54) is 19.3 Å². The zero-order valence-corrected chi connectivity index (χ0v) is 11.1. The Kier molecular flexibility index (Phi) is 3.38. The smallest absolute Gasteiger partial charge is 0.268 e. The van der Waals surface area contributed by atoms with Crippen molar-refractivity contribution in [2.24, 2.45) is 7.05 Å². The number of carbonyl (C=O) groups is 1. The normalized spacial score (nSPS) is 17.5. The molecule has 1 amide bonds. The van der Waals surface area contributed by atoms with E-state index in [2.05, 4.69) is 11.6 Å². The summed E-state index contributed by atoms with van der Waals surface area (Å²) in [7, 11) is 1.83. The molecule has 94 valence electrons. The number of aromatic nitrogens is 1. The fourth-order valence-corrected chi connectivity index (χ4v) is 3.09. The number of nitrogens with two attached hydrogens (primary N) is 1. The van der Waals surface area contributed by atoms with Crippen LogP contribution in [0.3, 0.4) is 0 Å². The molecule has 0 aliphatic heterocycles.